The smallest absolute Gasteiger partial charge is 0.255 e. The number of Topliss-reactive ketones (excluding diaryl/α,β-unsaturated/α-hetero) is 1. The summed E-state index contributed by atoms with van der Waals surface area (Å²) in [6, 6.07) is 7.24. The predicted molar refractivity (Wildman–Crippen MR) is 128 cm³/mol. The van der Waals surface area contributed by atoms with Crippen molar-refractivity contribution < 1.29 is 24.0 Å². The minimum absolute atomic E-state index is 0.0807. The van der Waals surface area contributed by atoms with Crippen LogP contribution < -0.4 is 16.1 Å². The third kappa shape index (κ3) is 6.83. The van der Waals surface area contributed by atoms with Crippen molar-refractivity contribution >= 4 is 35.5 Å². The van der Waals surface area contributed by atoms with E-state index in [0.717, 1.165) is 10.6 Å². The van der Waals surface area contributed by atoms with Gasteiger partial charge in [-0.1, -0.05) is 32.9 Å². The average Bonchev–Trinajstić information content (AvgIpc) is 3.02. The summed E-state index contributed by atoms with van der Waals surface area (Å²) in [4.78, 5) is 62.7. The predicted octanol–water partition coefficient (Wildman–Crippen LogP) is 0.932. The van der Waals surface area contributed by atoms with Crippen molar-refractivity contribution in [3.63, 3.8) is 0 Å². The summed E-state index contributed by atoms with van der Waals surface area (Å²) >= 11 is 0. The molecule has 1 fully saturated rings. The molecule has 1 saturated heterocycles. The molecule has 1 aromatic rings. The molecule has 10 heteroatoms. The quantitative estimate of drug-likeness (QED) is 0.256. The largest absolute Gasteiger partial charge is 0.350 e. The van der Waals surface area contributed by atoms with Crippen molar-refractivity contribution in [2.45, 2.75) is 46.2 Å². The maximum Gasteiger partial charge on any atom is 0.255 e. The van der Waals surface area contributed by atoms with Crippen LogP contribution in [0.15, 0.2) is 30.3 Å². The van der Waals surface area contributed by atoms with Gasteiger partial charge in [0.15, 0.2) is 5.78 Å². The van der Waals surface area contributed by atoms with Gasteiger partial charge in [-0.05, 0) is 36.6 Å². The minimum atomic E-state index is -1.17. The highest BCUT2D eigenvalue weighted by Gasteiger charge is 2.50. The number of nitrogens with zero attached hydrogens (tertiary/aromatic N) is 2. The first-order valence-electron chi connectivity index (χ1n) is 11.4. The molecule has 3 N–H and O–H groups in total. The number of nitrogens with one attached hydrogen (secondary N) is 3. The van der Waals surface area contributed by atoms with Crippen LogP contribution in [0.2, 0.25) is 0 Å². The van der Waals surface area contributed by atoms with Gasteiger partial charge in [-0.3, -0.25) is 24.0 Å². The first kappa shape index (κ1) is 27.4. The molecule has 2 rings (SSSR count). The van der Waals surface area contributed by atoms with E-state index in [9.17, 15) is 24.0 Å². The Morgan fingerprint density at radius 3 is 2.23 bits per heavy atom. The maximum atomic E-state index is 13.1. The summed E-state index contributed by atoms with van der Waals surface area (Å²) < 4.78 is 0. The van der Waals surface area contributed by atoms with Crippen LogP contribution in [-0.4, -0.2) is 53.6 Å². The van der Waals surface area contributed by atoms with Crippen LogP contribution in [0.25, 0.3) is 6.08 Å². The zero-order valence-corrected chi connectivity index (χ0v) is 20.5. The van der Waals surface area contributed by atoms with Crippen LogP contribution in [-0.2, 0) is 24.0 Å². The van der Waals surface area contributed by atoms with E-state index in [4.69, 9.17) is 5.26 Å². The molecule has 0 aliphatic carbocycles. The fourth-order valence-electron chi connectivity index (χ4n) is 3.85. The number of hydrogen-bond acceptors (Lipinski definition) is 7. The Bertz CT molecular complexity index is 1060. The number of nitriles is 1. The fraction of sp³-hybridized carbons (Fsp3) is 0.440. The normalized spacial score (nSPS) is 19.5. The van der Waals surface area contributed by atoms with Gasteiger partial charge in [0.1, 0.15) is 5.92 Å². The highest BCUT2D eigenvalue weighted by molar-refractivity contribution is 6.16. The number of benzene rings is 1. The highest BCUT2D eigenvalue weighted by Crippen LogP contribution is 2.27. The SMILES string of the molecule is CNN1C(=O)[C@@H](C(=O)[C@@H](NC(=O)C[C@@H](C)NC(=O)/C=C/c2ccc(C#N)cc2)C(C)C)[C@H](C)C1=O. The molecule has 1 heterocycles. The molecule has 4 atom stereocenters. The standard InChI is InChI=1S/C25H31N5O5/c1-14(2)22(23(33)21-16(4)24(34)30(27-5)25(21)35)29-20(32)12-15(3)28-19(31)11-10-17-6-8-18(13-26)9-7-17/h6-11,14-16,21-22,27H,12H2,1-5H3,(H,28,31)(H,29,32)/b11-10+/t15-,16+,21-,22+/m1/s1. The molecule has 1 aliphatic heterocycles. The lowest BCUT2D eigenvalue weighted by Gasteiger charge is -2.25. The second kappa shape index (κ2) is 12.0. The van der Waals surface area contributed by atoms with Crippen LogP contribution in [0, 0.1) is 29.1 Å². The number of imide groups is 1. The lowest BCUT2D eigenvalue weighted by atomic mass is 9.85. The number of ketones is 1. The van der Waals surface area contributed by atoms with Crippen molar-refractivity contribution in [1.29, 1.82) is 5.26 Å². The Hall–Kier alpha value is -3.84. The summed E-state index contributed by atoms with van der Waals surface area (Å²) in [5.41, 5.74) is 3.75. The van der Waals surface area contributed by atoms with E-state index in [1.807, 2.05) is 6.07 Å². The van der Waals surface area contributed by atoms with Gasteiger partial charge in [0.05, 0.1) is 23.6 Å². The number of hydrogen-bond donors (Lipinski definition) is 3. The van der Waals surface area contributed by atoms with Gasteiger partial charge in [-0.2, -0.15) is 5.26 Å². The first-order chi connectivity index (χ1) is 16.5. The van der Waals surface area contributed by atoms with Crippen molar-refractivity contribution in [1.82, 2.24) is 21.1 Å². The number of amides is 4. The zero-order valence-electron chi connectivity index (χ0n) is 20.5. The molecular weight excluding hydrogens is 450 g/mol. The van der Waals surface area contributed by atoms with Gasteiger partial charge in [-0.15, -0.1) is 0 Å². The molecule has 0 aromatic heterocycles. The number of carbonyl (C=O) groups is 5. The third-order valence-electron chi connectivity index (χ3n) is 5.76. The van der Waals surface area contributed by atoms with Crippen LogP contribution in [0.5, 0.6) is 0 Å². The van der Waals surface area contributed by atoms with Gasteiger partial charge in [-0.25, -0.2) is 10.4 Å². The van der Waals surface area contributed by atoms with Gasteiger partial charge in [0.25, 0.3) is 5.91 Å². The summed E-state index contributed by atoms with van der Waals surface area (Å²) in [5, 5.41) is 15.0. The minimum Gasteiger partial charge on any atom is -0.350 e. The zero-order chi connectivity index (χ0) is 26.3. The number of hydrazine groups is 1. The first-order valence-corrected chi connectivity index (χ1v) is 11.4. The van der Waals surface area contributed by atoms with Crippen LogP contribution >= 0.6 is 0 Å². The lowest BCUT2D eigenvalue weighted by Crippen LogP contribution is -2.50. The Kier molecular flexibility index (Phi) is 9.42. The second-order valence-electron chi connectivity index (χ2n) is 8.87. The van der Waals surface area contributed by atoms with Crippen molar-refractivity contribution in [2.75, 3.05) is 7.05 Å². The van der Waals surface area contributed by atoms with E-state index in [2.05, 4.69) is 16.1 Å². The van der Waals surface area contributed by atoms with Crippen LogP contribution in [0.1, 0.15) is 45.2 Å². The molecule has 35 heavy (non-hydrogen) atoms. The maximum absolute atomic E-state index is 13.1. The fourth-order valence-corrected chi connectivity index (χ4v) is 3.85. The second-order valence-corrected chi connectivity index (χ2v) is 8.87. The average molecular weight is 482 g/mol. The monoisotopic (exact) mass is 481 g/mol. The molecule has 0 bridgehead atoms. The molecule has 0 unspecified atom stereocenters. The summed E-state index contributed by atoms with van der Waals surface area (Å²) in [6.45, 7) is 6.65. The summed E-state index contributed by atoms with van der Waals surface area (Å²) in [6.07, 6.45) is 2.84. The molecule has 1 aliphatic rings. The van der Waals surface area contributed by atoms with E-state index < -0.39 is 53.3 Å². The van der Waals surface area contributed by atoms with Crippen LogP contribution in [0.4, 0.5) is 0 Å². The Balaban J connectivity index is 1.95. The van der Waals surface area contributed by atoms with E-state index >= 15 is 0 Å². The third-order valence-corrected chi connectivity index (χ3v) is 5.76. The van der Waals surface area contributed by atoms with E-state index in [-0.39, 0.29) is 12.3 Å². The molecule has 0 spiro atoms. The molecule has 4 amide bonds. The molecular formula is C25H31N5O5. The van der Waals surface area contributed by atoms with Gasteiger partial charge in [0, 0.05) is 25.6 Å². The lowest BCUT2D eigenvalue weighted by molar-refractivity contribution is -0.144. The Morgan fingerprint density at radius 1 is 1.09 bits per heavy atom. The highest BCUT2D eigenvalue weighted by atomic mass is 16.2. The van der Waals surface area contributed by atoms with E-state index in [1.54, 1.807) is 51.1 Å². The molecule has 1 aromatic carbocycles. The van der Waals surface area contributed by atoms with Gasteiger partial charge < -0.3 is 10.6 Å². The Labute approximate surface area is 204 Å². The molecule has 0 saturated carbocycles. The van der Waals surface area contributed by atoms with Gasteiger partial charge >= 0.3 is 0 Å². The molecule has 186 valence electrons. The summed E-state index contributed by atoms with van der Waals surface area (Å²) in [7, 11) is 1.42. The molecule has 0 radical (unpaired) electrons. The summed E-state index contributed by atoms with van der Waals surface area (Å²) in [5.74, 6) is -4.82. The van der Waals surface area contributed by atoms with Crippen molar-refractivity contribution in [3.05, 3.63) is 41.5 Å². The van der Waals surface area contributed by atoms with E-state index in [0.29, 0.717) is 5.56 Å². The Morgan fingerprint density at radius 2 is 1.71 bits per heavy atom. The molecule has 10 nitrogen and oxygen atoms in total. The van der Waals surface area contributed by atoms with Crippen LogP contribution in [0.3, 0.4) is 0 Å². The van der Waals surface area contributed by atoms with Crippen molar-refractivity contribution in [3.8, 4) is 6.07 Å². The van der Waals surface area contributed by atoms with Gasteiger partial charge in [0.2, 0.25) is 17.7 Å². The van der Waals surface area contributed by atoms with Crippen molar-refractivity contribution in [2.24, 2.45) is 17.8 Å². The number of rotatable bonds is 10. The topological polar surface area (TPSA) is 148 Å². The van der Waals surface area contributed by atoms with E-state index in [1.165, 1.54) is 20.0 Å². The number of carbonyl (C=O) groups excluding carboxylic acids is 5.